The maximum Gasteiger partial charge on any atom is 0.125 e. The second-order valence-corrected chi connectivity index (χ2v) is 6.21. The maximum atomic E-state index is 5.68. The lowest BCUT2D eigenvalue weighted by Gasteiger charge is -2.31. The fraction of sp³-hybridized carbons (Fsp3) is 0.474. The molecule has 2 heteroatoms. The summed E-state index contributed by atoms with van der Waals surface area (Å²) in [5, 5.41) is 3.81. The lowest BCUT2D eigenvalue weighted by atomic mass is 9.84. The van der Waals surface area contributed by atoms with Crippen LogP contribution in [0.25, 0.3) is 0 Å². The quantitative estimate of drug-likeness (QED) is 0.842. The van der Waals surface area contributed by atoms with Crippen molar-refractivity contribution in [1.29, 1.82) is 0 Å². The van der Waals surface area contributed by atoms with Crippen LogP contribution in [-0.2, 0) is 0 Å². The van der Waals surface area contributed by atoms with E-state index in [2.05, 4.69) is 48.6 Å². The molecule has 0 radical (unpaired) electrons. The molecule has 0 amide bonds. The molecule has 1 aromatic heterocycles. The minimum Gasteiger partial charge on any atom is -0.467 e. The number of furan rings is 1. The molecule has 0 spiro atoms. The SMILES string of the molecule is C[C@@H](NC(c1ccccc1)c1ccco1)C1CCCCC1. The van der Waals surface area contributed by atoms with Crippen molar-refractivity contribution < 1.29 is 4.42 Å². The molecule has 2 atom stereocenters. The Morgan fingerprint density at radius 3 is 2.43 bits per heavy atom. The Morgan fingerprint density at radius 2 is 1.76 bits per heavy atom. The molecule has 0 bridgehead atoms. The zero-order valence-corrected chi connectivity index (χ0v) is 12.8. The lowest BCUT2D eigenvalue weighted by Crippen LogP contribution is -2.37. The summed E-state index contributed by atoms with van der Waals surface area (Å²) in [6.07, 6.45) is 8.64. The molecule has 0 aliphatic heterocycles. The van der Waals surface area contributed by atoms with E-state index in [9.17, 15) is 0 Å². The predicted molar refractivity (Wildman–Crippen MR) is 86.2 cm³/mol. The van der Waals surface area contributed by atoms with E-state index in [1.807, 2.05) is 6.07 Å². The number of hydrogen-bond acceptors (Lipinski definition) is 2. The van der Waals surface area contributed by atoms with Crippen molar-refractivity contribution in [1.82, 2.24) is 5.32 Å². The number of benzene rings is 1. The van der Waals surface area contributed by atoms with Crippen LogP contribution < -0.4 is 5.32 Å². The van der Waals surface area contributed by atoms with Gasteiger partial charge in [0.25, 0.3) is 0 Å². The molecule has 21 heavy (non-hydrogen) atoms. The molecule has 2 nitrogen and oxygen atoms in total. The van der Waals surface area contributed by atoms with E-state index in [1.165, 1.54) is 37.7 Å². The molecule has 1 unspecified atom stereocenters. The van der Waals surface area contributed by atoms with Gasteiger partial charge in [0.15, 0.2) is 0 Å². The van der Waals surface area contributed by atoms with Gasteiger partial charge in [-0.3, -0.25) is 0 Å². The third kappa shape index (κ3) is 3.56. The van der Waals surface area contributed by atoms with Gasteiger partial charge in [-0.15, -0.1) is 0 Å². The van der Waals surface area contributed by atoms with Crippen LogP contribution in [0, 0.1) is 5.92 Å². The first-order chi connectivity index (χ1) is 10.3. The first-order valence-corrected chi connectivity index (χ1v) is 8.19. The smallest absolute Gasteiger partial charge is 0.125 e. The average molecular weight is 283 g/mol. The topological polar surface area (TPSA) is 25.2 Å². The van der Waals surface area contributed by atoms with Gasteiger partial charge in [-0.2, -0.15) is 0 Å². The highest BCUT2D eigenvalue weighted by Gasteiger charge is 2.25. The summed E-state index contributed by atoms with van der Waals surface area (Å²) in [6, 6.07) is 15.3. The van der Waals surface area contributed by atoms with Crippen LogP contribution in [0.2, 0.25) is 0 Å². The zero-order chi connectivity index (χ0) is 14.5. The van der Waals surface area contributed by atoms with Crippen molar-refractivity contribution in [2.24, 2.45) is 5.92 Å². The Labute approximate surface area is 127 Å². The summed E-state index contributed by atoms with van der Waals surface area (Å²) in [5.41, 5.74) is 1.27. The van der Waals surface area contributed by atoms with Crippen molar-refractivity contribution >= 4 is 0 Å². The maximum absolute atomic E-state index is 5.68. The van der Waals surface area contributed by atoms with Gasteiger partial charge in [0, 0.05) is 6.04 Å². The minimum absolute atomic E-state index is 0.151. The van der Waals surface area contributed by atoms with Crippen LogP contribution >= 0.6 is 0 Å². The number of rotatable bonds is 5. The molecule has 1 heterocycles. The van der Waals surface area contributed by atoms with E-state index in [4.69, 9.17) is 4.42 Å². The van der Waals surface area contributed by atoms with E-state index in [-0.39, 0.29) is 6.04 Å². The van der Waals surface area contributed by atoms with E-state index in [1.54, 1.807) is 6.26 Å². The highest BCUT2D eigenvalue weighted by Crippen LogP contribution is 2.29. The van der Waals surface area contributed by atoms with Gasteiger partial charge in [0.2, 0.25) is 0 Å². The summed E-state index contributed by atoms with van der Waals surface area (Å²) >= 11 is 0. The van der Waals surface area contributed by atoms with Crippen LogP contribution in [-0.4, -0.2) is 6.04 Å². The van der Waals surface area contributed by atoms with Crippen LogP contribution in [0.3, 0.4) is 0 Å². The Balaban J connectivity index is 1.76. The van der Waals surface area contributed by atoms with Gasteiger partial charge in [-0.05, 0) is 43.4 Å². The van der Waals surface area contributed by atoms with Gasteiger partial charge in [-0.1, -0.05) is 49.6 Å². The molecule has 112 valence electrons. The fourth-order valence-corrected chi connectivity index (χ4v) is 3.48. The molecule has 0 saturated heterocycles. The Bertz CT molecular complexity index is 514. The Kier molecular flexibility index (Phi) is 4.76. The van der Waals surface area contributed by atoms with E-state index < -0.39 is 0 Å². The third-order valence-corrected chi connectivity index (χ3v) is 4.75. The van der Waals surface area contributed by atoms with Crippen LogP contribution in [0.15, 0.2) is 53.1 Å². The first kappa shape index (κ1) is 14.4. The van der Waals surface area contributed by atoms with Gasteiger partial charge < -0.3 is 9.73 Å². The molecule has 3 rings (SSSR count). The van der Waals surface area contributed by atoms with Crippen LogP contribution in [0.4, 0.5) is 0 Å². The number of hydrogen-bond donors (Lipinski definition) is 1. The second kappa shape index (κ2) is 6.95. The molecule has 1 aliphatic rings. The Hall–Kier alpha value is -1.54. The molecule has 1 N–H and O–H groups in total. The molecular weight excluding hydrogens is 258 g/mol. The lowest BCUT2D eigenvalue weighted by molar-refractivity contribution is 0.264. The highest BCUT2D eigenvalue weighted by molar-refractivity contribution is 5.26. The normalized spacial score (nSPS) is 19.3. The molecule has 1 fully saturated rings. The van der Waals surface area contributed by atoms with Gasteiger partial charge >= 0.3 is 0 Å². The average Bonchev–Trinajstić information content (AvgIpc) is 3.08. The predicted octanol–water partition coefficient (Wildman–Crippen LogP) is 4.93. The summed E-state index contributed by atoms with van der Waals surface area (Å²) in [5.74, 6) is 1.80. The molecular formula is C19H25NO. The van der Waals surface area contributed by atoms with Crippen LogP contribution in [0.5, 0.6) is 0 Å². The zero-order valence-electron chi connectivity index (χ0n) is 12.8. The second-order valence-electron chi connectivity index (χ2n) is 6.21. The first-order valence-electron chi connectivity index (χ1n) is 8.19. The molecule has 1 aromatic carbocycles. The van der Waals surface area contributed by atoms with Crippen LogP contribution in [0.1, 0.15) is 56.4 Å². The molecule has 1 aliphatic carbocycles. The summed E-state index contributed by atoms with van der Waals surface area (Å²) in [4.78, 5) is 0. The van der Waals surface area contributed by atoms with Gasteiger partial charge in [0.1, 0.15) is 5.76 Å². The van der Waals surface area contributed by atoms with E-state index in [0.717, 1.165) is 11.7 Å². The van der Waals surface area contributed by atoms with Crippen molar-refractivity contribution in [2.75, 3.05) is 0 Å². The summed E-state index contributed by atoms with van der Waals surface area (Å²) in [7, 11) is 0. The molecule has 1 saturated carbocycles. The Morgan fingerprint density at radius 1 is 1.00 bits per heavy atom. The van der Waals surface area contributed by atoms with E-state index >= 15 is 0 Å². The van der Waals surface area contributed by atoms with Gasteiger partial charge in [-0.25, -0.2) is 0 Å². The summed E-state index contributed by atoms with van der Waals surface area (Å²) in [6.45, 7) is 2.33. The standard InChI is InChI=1S/C19H25NO/c1-15(16-9-4-2-5-10-16)20-19(18-13-8-14-21-18)17-11-6-3-7-12-17/h3,6-8,11-16,19-20H,2,4-5,9-10H2,1H3/t15-,19?/m1/s1. The summed E-state index contributed by atoms with van der Waals surface area (Å²) < 4.78 is 5.68. The van der Waals surface area contributed by atoms with Crippen molar-refractivity contribution in [3.63, 3.8) is 0 Å². The van der Waals surface area contributed by atoms with Crippen molar-refractivity contribution in [3.8, 4) is 0 Å². The van der Waals surface area contributed by atoms with Gasteiger partial charge in [0.05, 0.1) is 12.3 Å². The fourth-order valence-electron chi connectivity index (χ4n) is 3.48. The largest absolute Gasteiger partial charge is 0.467 e. The van der Waals surface area contributed by atoms with Crippen molar-refractivity contribution in [3.05, 3.63) is 60.1 Å². The van der Waals surface area contributed by atoms with Crippen molar-refractivity contribution in [2.45, 2.75) is 51.1 Å². The minimum atomic E-state index is 0.151. The molecule has 2 aromatic rings. The highest BCUT2D eigenvalue weighted by atomic mass is 16.3. The number of nitrogens with one attached hydrogen (secondary N) is 1. The monoisotopic (exact) mass is 283 g/mol. The third-order valence-electron chi connectivity index (χ3n) is 4.75. The van der Waals surface area contributed by atoms with E-state index in [0.29, 0.717) is 6.04 Å².